The van der Waals surface area contributed by atoms with Gasteiger partial charge in [-0.1, -0.05) is 13.8 Å². The molecule has 0 radical (unpaired) electrons. The Morgan fingerprint density at radius 3 is 2.56 bits per heavy atom. The third-order valence-corrected chi connectivity index (χ3v) is 2.62. The monoisotopic (exact) mass is 260 g/mol. The summed E-state index contributed by atoms with van der Waals surface area (Å²) in [6.07, 6.45) is 1.16. The third kappa shape index (κ3) is 9.39. The number of amides is 1. The molecule has 2 atom stereocenters. The first-order valence-corrected chi connectivity index (χ1v) is 6.65. The number of methoxy groups -OCH3 is 1. The van der Waals surface area contributed by atoms with E-state index in [2.05, 4.69) is 24.5 Å². The molecule has 0 aromatic heterocycles. The van der Waals surface area contributed by atoms with E-state index in [0.717, 1.165) is 12.8 Å². The summed E-state index contributed by atoms with van der Waals surface area (Å²) in [4.78, 5) is 11.6. The molecule has 0 saturated carbocycles. The molecule has 0 bridgehead atoms. The van der Waals surface area contributed by atoms with Gasteiger partial charge >= 0.3 is 0 Å². The van der Waals surface area contributed by atoms with Gasteiger partial charge in [-0.2, -0.15) is 0 Å². The lowest BCUT2D eigenvalue weighted by molar-refractivity contribution is -0.122. The minimum atomic E-state index is -0.395. The van der Waals surface area contributed by atoms with Crippen LogP contribution in [0.5, 0.6) is 0 Å². The second-order valence-corrected chi connectivity index (χ2v) is 5.05. The number of carbonyl (C=O) groups excluding carboxylic acids is 1. The number of rotatable bonds is 10. The molecular weight excluding hydrogens is 232 g/mol. The van der Waals surface area contributed by atoms with Gasteiger partial charge in [0.2, 0.25) is 5.91 Å². The fourth-order valence-electron chi connectivity index (χ4n) is 1.61. The lowest BCUT2D eigenvalue weighted by Crippen LogP contribution is -2.45. The molecule has 0 aliphatic carbocycles. The molecule has 108 valence electrons. The highest BCUT2D eigenvalue weighted by molar-refractivity contribution is 5.81. The maximum atomic E-state index is 11.6. The Kier molecular flexibility index (Phi) is 9.92. The number of hydrogen-bond donors (Lipinski definition) is 3. The van der Waals surface area contributed by atoms with Gasteiger partial charge in [0.05, 0.1) is 12.1 Å². The van der Waals surface area contributed by atoms with Crippen molar-refractivity contribution in [3.63, 3.8) is 0 Å². The van der Waals surface area contributed by atoms with E-state index in [1.807, 2.05) is 0 Å². The normalized spacial score (nSPS) is 14.6. The van der Waals surface area contributed by atoms with Crippen molar-refractivity contribution < 1.29 is 14.6 Å². The standard InChI is InChI=1S/C13H28N2O3/c1-10(2)8-12(16)9-15-11(3)13(17)14-6-5-7-18-4/h10-12,15-16H,5-9H2,1-4H3,(H,14,17). The van der Waals surface area contributed by atoms with Crippen LogP contribution in [0.1, 0.15) is 33.6 Å². The Balaban J connectivity index is 3.67. The van der Waals surface area contributed by atoms with Crippen molar-refractivity contribution in [1.29, 1.82) is 0 Å². The number of carbonyl (C=O) groups is 1. The molecule has 0 aliphatic heterocycles. The predicted octanol–water partition coefficient (Wildman–Crippen LogP) is 0.524. The first-order valence-electron chi connectivity index (χ1n) is 6.65. The topological polar surface area (TPSA) is 70.6 Å². The van der Waals surface area contributed by atoms with Gasteiger partial charge in [-0.15, -0.1) is 0 Å². The second kappa shape index (κ2) is 10.3. The van der Waals surface area contributed by atoms with Gasteiger partial charge in [0.1, 0.15) is 0 Å². The van der Waals surface area contributed by atoms with Crippen molar-refractivity contribution >= 4 is 5.91 Å². The number of hydrogen-bond acceptors (Lipinski definition) is 4. The maximum Gasteiger partial charge on any atom is 0.236 e. The highest BCUT2D eigenvalue weighted by Crippen LogP contribution is 2.03. The van der Waals surface area contributed by atoms with Gasteiger partial charge in [0.25, 0.3) is 0 Å². The van der Waals surface area contributed by atoms with E-state index in [-0.39, 0.29) is 11.9 Å². The summed E-state index contributed by atoms with van der Waals surface area (Å²) in [6, 6.07) is -0.283. The van der Waals surface area contributed by atoms with Gasteiger partial charge in [0.15, 0.2) is 0 Å². The smallest absolute Gasteiger partial charge is 0.236 e. The highest BCUT2D eigenvalue weighted by Gasteiger charge is 2.14. The van der Waals surface area contributed by atoms with Crippen LogP contribution in [0.2, 0.25) is 0 Å². The Bertz CT molecular complexity index is 222. The minimum absolute atomic E-state index is 0.0390. The number of ether oxygens (including phenoxy) is 1. The fourth-order valence-corrected chi connectivity index (χ4v) is 1.61. The minimum Gasteiger partial charge on any atom is -0.392 e. The first-order chi connectivity index (χ1) is 8.47. The van der Waals surface area contributed by atoms with Gasteiger partial charge in [-0.3, -0.25) is 4.79 Å². The molecule has 5 heteroatoms. The van der Waals surface area contributed by atoms with Crippen molar-refractivity contribution in [3.05, 3.63) is 0 Å². The predicted molar refractivity (Wildman–Crippen MR) is 72.4 cm³/mol. The van der Waals surface area contributed by atoms with Crippen LogP contribution in [0.4, 0.5) is 0 Å². The van der Waals surface area contributed by atoms with E-state index in [1.165, 1.54) is 0 Å². The summed E-state index contributed by atoms with van der Waals surface area (Å²) in [5.41, 5.74) is 0. The maximum absolute atomic E-state index is 11.6. The number of aliphatic hydroxyl groups excluding tert-OH is 1. The number of aliphatic hydroxyl groups is 1. The molecule has 18 heavy (non-hydrogen) atoms. The molecule has 0 spiro atoms. The van der Waals surface area contributed by atoms with Crippen LogP contribution in [0.25, 0.3) is 0 Å². The van der Waals surface area contributed by atoms with Crippen LogP contribution < -0.4 is 10.6 Å². The first kappa shape index (κ1) is 17.4. The zero-order chi connectivity index (χ0) is 14.0. The fraction of sp³-hybridized carbons (Fsp3) is 0.923. The lowest BCUT2D eigenvalue weighted by atomic mass is 10.1. The van der Waals surface area contributed by atoms with Crippen molar-refractivity contribution in [1.82, 2.24) is 10.6 Å². The molecule has 1 amide bonds. The molecule has 5 nitrogen and oxygen atoms in total. The van der Waals surface area contributed by atoms with E-state index in [9.17, 15) is 9.90 Å². The van der Waals surface area contributed by atoms with E-state index in [0.29, 0.717) is 25.6 Å². The molecule has 0 fully saturated rings. The Hall–Kier alpha value is -0.650. The average Bonchev–Trinajstić information content (AvgIpc) is 2.30. The van der Waals surface area contributed by atoms with Crippen LogP contribution in [0.3, 0.4) is 0 Å². The van der Waals surface area contributed by atoms with Gasteiger partial charge in [-0.05, 0) is 25.7 Å². The van der Waals surface area contributed by atoms with E-state index in [4.69, 9.17) is 4.74 Å². The van der Waals surface area contributed by atoms with Gasteiger partial charge in [-0.25, -0.2) is 0 Å². The average molecular weight is 260 g/mol. The summed E-state index contributed by atoms with van der Waals surface area (Å²) < 4.78 is 4.90. The van der Waals surface area contributed by atoms with Gasteiger partial charge < -0.3 is 20.5 Å². The molecule has 2 unspecified atom stereocenters. The van der Waals surface area contributed by atoms with Crippen molar-refractivity contribution in [2.75, 3.05) is 26.8 Å². The lowest BCUT2D eigenvalue weighted by Gasteiger charge is -2.18. The third-order valence-electron chi connectivity index (χ3n) is 2.62. The summed E-state index contributed by atoms with van der Waals surface area (Å²) in [6.45, 7) is 7.64. The summed E-state index contributed by atoms with van der Waals surface area (Å²) in [5.74, 6) is 0.419. The summed E-state index contributed by atoms with van der Waals surface area (Å²) >= 11 is 0. The van der Waals surface area contributed by atoms with E-state index < -0.39 is 6.10 Å². The Morgan fingerprint density at radius 2 is 2.00 bits per heavy atom. The number of nitrogens with one attached hydrogen (secondary N) is 2. The largest absolute Gasteiger partial charge is 0.392 e. The Morgan fingerprint density at radius 1 is 1.33 bits per heavy atom. The summed E-state index contributed by atoms with van der Waals surface area (Å²) in [5, 5.41) is 15.5. The Labute approximate surface area is 110 Å². The van der Waals surface area contributed by atoms with Crippen LogP contribution in [-0.4, -0.2) is 50.0 Å². The quantitative estimate of drug-likeness (QED) is 0.501. The van der Waals surface area contributed by atoms with Crippen molar-refractivity contribution in [3.8, 4) is 0 Å². The molecule has 3 N–H and O–H groups in total. The van der Waals surface area contributed by atoms with Gasteiger partial charge in [0, 0.05) is 26.8 Å². The van der Waals surface area contributed by atoms with Crippen LogP contribution in [0, 0.1) is 5.92 Å². The molecule has 0 aliphatic rings. The second-order valence-electron chi connectivity index (χ2n) is 5.05. The van der Waals surface area contributed by atoms with Crippen LogP contribution >= 0.6 is 0 Å². The molecule has 0 saturated heterocycles. The zero-order valence-corrected chi connectivity index (χ0v) is 12.0. The van der Waals surface area contributed by atoms with Crippen LogP contribution in [0.15, 0.2) is 0 Å². The zero-order valence-electron chi connectivity index (χ0n) is 12.0. The molecule has 0 heterocycles. The van der Waals surface area contributed by atoms with E-state index >= 15 is 0 Å². The van der Waals surface area contributed by atoms with Crippen LogP contribution in [-0.2, 0) is 9.53 Å². The summed E-state index contributed by atoms with van der Waals surface area (Å²) in [7, 11) is 1.64. The highest BCUT2D eigenvalue weighted by atomic mass is 16.5. The molecule has 0 aromatic carbocycles. The van der Waals surface area contributed by atoms with Crippen molar-refractivity contribution in [2.45, 2.75) is 45.8 Å². The SMILES string of the molecule is COCCCNC(=O)C(C)NCC(O)CC(C)C. The molecule has 0 aromatic rings. The van der Waals surface area contributed by atoms with E-state index in [1.54, 1.807) is 14.0 Å². The van der Waals surface area contributed by atoms with Crippen molar-refractivity contribution in [2.24, 2.45) is 5.92 Å². The molecular formula is C13H28N2O3. The molecule has 0 rings (SSSR count).